The van der Waals surface area contributed by atoms with Gasteiger partial charge in [-0.2, -0.15) is 0 Å². The van der Waals surface area contributed by atoms with E-state index in [0.717, 1.165) is 6.42 Å². The largest absolute Gasteiger partial charge is 0.495 e. The smallest absolute Gasteiger partial charge is 0.340 e. The van der Waals surface area contributed by atoms with Crippen LogP contribution in [-0.4, -0.2) is 19.7 Å². The van der Waals surface area contributed by atoms with Gasteiger partial charge < -0.3 is 15.2 Å². The highest BCUT2D eigenvalue weighted by atomic mass is 35.5. The molecule has 0 atom stereocenters. The molecule has 0 amide bonds. The van der Waals surface area contributed by atoms with Crippen LogP contribution in [0.15, 0.2) is 12.1 Å². The number of carbonyl (C=O) groups excluding carboxylic acids is 1. The van der Waals surface area contributed by atoms with Crippen molar-refractivity contribution in [3.63, 3.8) is 0 Å². The summed E-state index contributed by atoms with van der Waals surface area (Å²) < 4.78 is 9.98. The second kappa shape index (κ2) is 5.61. The molecule has 4 nitrogen and oxygen atoms in total. The molecular weight excluding hydrogens is 230 g/mol. The molecule has 88 valence electrons. The number of carbonyl (C=O) groups is 1. The molecule has 0 heterocycles. The molecule has 0 unspecified atom stereocenters. The van der Waals surface area contributed by atoms with Crippen LogP contribution in [0.1, 0.15) is 23.7 Å². The third-order valence-corrected chi connectivity index (χ3v) is 2.20. The molecule has 0 aliphatic rings. The molecule has 0 aliphatic carbocycles. The molecule has 5 heteroatoms. The van der Waals surface area contributed by atoms with Gasteiger partial charge in [-0.1, -0.05) is 18.5 Å². The van der Waals surface area contributed by atoms with E-state index >= 15 is 0 Å². The van der Waals surface area contributed by atoms with Gasteiger partial charge in [0, 0.05) is 11.1 Å². The standard InChI is InChI=1S/C11H14ClNO3/c1-3-4-16-11(14)8-5-7(12)6-9(15-2)10(8)13/h5-6H,3-4,13H2,1-2H3. The van der Waals surface area contributed by atoms with E-state index < -0.39 is 5.97 Å². The van der Waals surface area contributed by atoms with Crippen molar-refractivity contribution in [2.45, 2.75) is 13.3 Å². The van der Waals surface area contributed by atoms with Gasteiger partial charge in [-0.05, 0) is 12.5 Å². The van der Waals surface area contributed by atoms with Crippen LogP contribution in [0.3, 0.4) is 0 Å². The molecule has 0 bridgehead atoms. The van der Waals surface area contributed by atoms with Gasteiger partial charge in [0.15, 0.2) is 0 Å². The molecule has 1 aromatic carbocycles. The first-order chi connectivity index (χ1) is 7.60. The number of methoxy groups -OCH3 is 1. The van der Waals surface area contributed by atoms with Gasteiger partial charge in [0.2, 0.25) is 0 Å². The molecule has 1 aromatic rings. The molecule has 1 rings (SSSR count). The first-order valence-corrected chi connectivity index (χ1v) is 5.28. The number of halogens is 1. The monoisotopic (exact) mass is 243 g/mol. The van der Waals surface area contributed by atoms with E-state index in [1.807, 2.05) is 6.92 Å². The second-order valence-electron chi connectivity index (χ2n) is 3.21. The third-order valence-electron chi connectivity index (χ3n) is 1.98. The molecule has 0 saturated carbocycles. The van der Waals surface area contributed by atoms with Crippen LogP contribution < -0.4 is 10.5 Å². The predicted octanol–water partition coefficient (Wildman–Crippen LogP) is 2.50. The van der Waals surface area contributed by atoms with E-state index in [-0.39, 0.29) is 11.3 Å². The summed E-state index contributed by atoms with van der Waals surface area (Å²) in [5, 5.41) is 0.384. The Morgan fingerprint density at radius 2 is 2.19 bits per heavy atom. The van der Waals surface area contributed by atoms with Crippen molar-refractivity contribution < 1.29 is 14.3 Å². The van der Waals surface area contributed by atoms with Gasteiger partial charge >= 0.3 is 5.97 Å². The van der Waals surface area contributed by atoms with Gasteiger partial charge in [0.05, 0.1) is 25.0 Å². The van der Waals surface area contributed by atoms with Crippen molar-refractivity contribution in [2.24, 2.45) is 0 Å². The van der Waals surface area contributed by atoms with Crippen LogP contribution in [0.2, 0.25) is 5.02 Å². The highest BCUT2D eigenvalue weighted by Gasteiger charge is 2.15. The minimum absolute atomic E-state index is 0.234. The summed E-state index contributed by atoms with van der Waals surface area (Å²) in [6, 6.07) is 3.02. The van der Waals surface area contributed by atoms with Crippen molar-refractivity contribution in [1.82, 2.24) is 0 Å². The van der Waals surface area contributed by atoms with Crippen molar-refractivity contribution in [3.05, 3.63) is 22.7 Å². The van der Waals surface area contributed by atoms with Crippen LogP contribution in [0.4, 0.5) is 5.69 Å². The molecule has 0 radical (unpaired) electrons. The van der Waals surface area contributed by atoms with Crippen molar-refractivity contribution in [3.8, 4) is 5.75 Å². The number of nitrogen functional groups attached to an aromatic ring is 1. The molecule has 16 heavy (non-hydrogen) atoms. The molecular formula is C11H14ClNO3. The van der Waals surface area contributed by atoms with Crippen molar-refractivity contribution in [1.29, 1.82) is 0 Å². The van der Waals surface area contributed by atoms with Crippen LogP contribution in [-0.2, 0) is 4.74 Å². The number of anilines is 1. The Labute approximate surface area is 99.3 Å². The number of rotatable bonds is 4. The average Bonchev–Trinajstić information content (AvgIpc) is 2.28. The molecule has 0 saturated heterocycles. The summed E-state index contributed by atoms with van der Waals surface area (Å²) >= 11 is 5.84. The lowest BCUT2D eigenvalue weighted by Gasteiger charge is -2.10. The summed E-state index contributed by atoms with van der Waals surface area (Å²) in [5.41, 5.74) is 6.23. The Balaban J connectivity index is 3.03. The lowest BCUT2D eigenvalue weighted by molar-refractivity contribution is 0.0506. The highest BCUT2D eigenvalue weighted by Crippen LogP contribution is 2.30. The Bertz CT molecular complexity index is 393. The number of hydrogen-bond donors (Lipinski definition) is 1. The number of ether oxygens (including phenoxy) is 2. The summed E-state index contributed by atoms with van der Waals surface area (Å²) in [6.45, 7) is 2.27. The quantitative estimate of drug-likeness (QED) is 0.652. The van der Waals surface area contributed by atoms with E-state index in [4.69, 9.17) is 26.8 Å². The van der Waals surface area contributed by atoms with Gasteiger partial charge in [-0.25, -0.2) is 4.79 Å². The van der Waals surface area contributed by atoms with E-state index in [0.29, 0.717) is 17.4 Å². The SMILES string of the molecule is CCCOC(=O)c1cc(Cl)cc(OC)c1N. The van der Waals surface area contributed by atoms with Crippen LogP contribution in [0, 0.1) is 0 Å². The minimum Gasteiger partial charge on any atom is -0.495 e. The summed E-state index contributed by atoms with van der Waals surface area (Å²) in [6.07, 6.45) is 0.753. The first-order valence-electron chi connectivity index (χ1n) is 4.90. The zero-order chi connectivity index (χ0) is 12.1. The maximum absolute atomic E-state index is 11.6. The van der Waals surface area contributed by atoms with E-state index in [9.17, 15) is 4.79 Å². The summed E-state index contributed by atoms with van der Waals surface area (Å²) in [7, 11) is 1.46. The van der Waals surface area contributed by atoms with Crippen LogP contribution >= 0.6 is 11.6 Å². The third kappa shape index (κ3) is 2.79. The average molecular weight is 244 g/mol. The van der Waals surface area contributed by atoms with Gasteiger partial charge in [0.1, 0.15) is 5.75 Å². The lowest BCUT2D eigenvalue weighted by atomic mass is 10.1. The topological polar surface area (TPSA) is 61.5 Å². The van der Waals surface area contributed by atoms with Gasteiger partial charge in [0.25, 0.3) is 0 Å². The Kier molecular flexibility index (Phi) is 4.43. The van der Waals surface area contributed by atoms with Crippen LogP contribution in [0.5, 0.6) is 5.75 Å². The van der Waals surface area contributed by atoms with Crippen molar-refractivity contribution >= 4 is 23.3 Å². The molecule has 2 N–H and O–H groups in total. The minimum atomic E-state index is -0.486. The number of nitrogens with two attached hydrogens (primary N) is 1. The number of esters is 1. The van der Waals surface area contributed by atoms with Crippen molar-refractivity contribution in [2.75, 3.05) is 19.5 Å². The normalized spacial score (nSPS) is 9.94. The Morgan fingerprint density at radius 3 is 2.75 bits per heavy atom. The second-order valence-corrected chi connectivity index (χ2v) is 3.64. The Morgan fingerprint density at radius 1 is 1.50 bits per heavy atom. The van der Waals surface area contributed by atoms with E-state index in [2.05, 4.69) is 0 Å². The maximum Gasteiger partial charge on any atom is 0.340 e. The van der Waals surface area contributed by atoms with Gasteiger partial charge in [-0.3, -0.25) is 0 Å². The van der Waals surface area contributed by atoms with Crippen LogP contribution in [0.25, 0.3) is 0 Å². The van der Waals surface area contributed by atoms with E-state index in [1.54, 1.807) is 6.07 Å². The fraction of sp³-hybridized carbons (Fsp3) is 0.364. The predicted molar refractivity (Wildman–Crippen MR) is 63.0 cm³/mol. The maximum atomic E-state index is 11.6. The van der Waals surface area contributed by atoms with Gasteiger partial charge in [-0.15, -0.1) is 0 Å². The molecule has 0 aromatic heterocycles. The molecule has 0 aliphatic heterocycles. The zero-order valence-electron chi connectivity index (χ0n) is 9.25. The number of benzene rings is 1. The fourth-order valence-electron chi connectivity index (χ4n) is 1.20. The molecule has 0 fully saturated rings. The first kappa shape index (κ1) is 12.6. The lowest BCUT2D eigenvalue weighted by Crippen LogP contribution is -2.09. The highest BCUT2D eigenvalue weighted by molar-refractivity contribution is 6.31. The zero-order valence-corrected chi connectivity index (χ0v) is 10.0. The summed E-state index contributed by atoms with van der Waals surface area (Å²) in [5.74, 6) is -0.115. The Hall–Kier alpha value is -1.42. The fourth-order valence-corrected chi connectivity index (χ4v) is 1.41. The number of hydrogen-bond acceptors (Lipinski definition) is 4. The van der Waals surface area contributed by atoms with E-state index in [1.165, 1.54) is 13.2 Å². The summed E-state index contributed by atoms with van der Waals surface area (Å²) in [4.78, 5) is 11.6. The molecule has 0 spiro atoms.